The Morgan fingerprint density at radius 3 is 2.07 bits per heavy atom. The van der Waals surface area contributed by atoms with Crippen LogP contribution in [0.4, 0.5) is 0 Å². The van der Waals surface area contributed by atoms with Gasteiger partial charge in [-0.05, 0) is 50.6 Å². The van der Waals surface area contributed by atoms with Gasteiger partial charge in [-0.1, -0.05) is 29.3 Å². The Morgan fingerprint density at radius 2 is 1.56 bits per heavy atom. The smallest absolute Gasteiger partial charge is 0.251 e. The lowest BCUT2D eigenvalue weighted by atomic mass is 10.1. The molecule has 0 heterocycles. The summed E-state index contributed by atoms with van der Waals surface area (Å²) >= 11 is 0. The van der Waals surface area contributed by atoms with Crippen molar-refractivity contribution in [2.45, 2.75) is 31.7 Å². The monoisotopic (exact) mass is 388 g/mol. The summed E-state index contributed by atoms with van der Waals surface area (Å²) in [4.78, 5) is 24.5. The first kappa shape index (κ1) is 20.6. The number of nitrogens with one attached hydrogen (secondary N) is 2. The van der Waals surface area contributed by atoms with Gasteiger partial charge in [0, 0.05) is 11.8 Å². The summed E-state index contributed by atoms with van der Waals surface area (Å²) in [6.07, 6.45) is 1.14. The highest BCUT2D eigenvalue weighted by Crippen LogP contribution is 2.16. The van der Waals surface area contributed by atoms with Gasteiger partial charge in [0.2, 0.25) is 5.91 Å². The molecule has 0 radical (unpaired) electrons. The highest BCUT2D eigenvalue weighted by atomic mass is 32.2. The van der Waals surface area contributed by atoms with Crippen LogP contribution in [0.25, 0.3) is 0 Å². The summed E-state index contributed by atoms with van der Waals surface area (Å²) in [5.74, 6) is -0.630. The largest absolute Gasteiger partial charge is 0.348 e. The van der Waals surface area contributed by atoms with Crippen molar-refractivity contribution < 1.29 is 18.0 Å². The van der Waals surface area contributed by atoms with Gasteiger partial charge in [0.1, 0.15) is 0 Å². The molecule has 0 saturated carbocycles. The Balaban J connectivity index is 1.92. The van der Waals surface area contributed by atoms with Crippen LogP contribution in [0.3, 0.4) is 0 Å². The lowest BCUT2D eigenvalue weighted by Crippen LogP contribution is -2.38. The van der Waals surface area contributed by atoms with Crippen LogP contribution >= 0.6 is 0 Å². The predicted molar refractivity (Wildman–Crippen MR) is 104 cm³/mol. The van der Waals surface area contributed by atoms with E-state index < -0.39 is 9.84 Å². The molecule has 2 rings (SSSR count). The number of hydrogen-bond donors (Lipinski definition) is 2. The zero-order valence-corrected chi connectivity index (χ0v) is 16.7. The van der Waals surface area contributed by atoms with Crippen molar-refractivity contribution in [3.05, 3.63) is 64.7 Å². The summed E-state index contributed by atoms with van der Waals surface area (Å²) in [5, 5.41) is 5.39. The van der Waals surface area contributed by atoms with E-state index in [-0.39, 0.29) is 29.3 Å². The number of benzene rings is 2. The number of rotatable bonds is 6. The standard InChI is InChI=1S/C20H24N2O4S/c1-13-9-14(2)11-17(10-13)20(24)21-12-19(23)22-15(3)16-5-7-18(8-6-16)27(4,25)26/h5-11,15H,12H2,1-4H3,(H,21,24)(H,22,23). The molecule has 2 aromatic rings. The SMILES string of the molecule is Cc1cc(C)cc(C(=O)NCC(=O)NC(C)c2ccc(S(C)(=O)=O)cc2)c1. The first-order chi connectivity index (χ1) is 12.6. The summed E-state index contributed by atoms with van der Waals surface area (Å²) < 4.78 is 23.0. The van der Waals surface area contributed by atoms with Crippen molar-refractivity contribution in [1.29, 1.82) is 0 Å². The average molecular weight is 388 g/mol. The second-order valence-corrected chi connectivity index (χ2v) is 8.71. The predicted octanol–water partition coefficient (Wildman–Crippen LogP) is 2.31. The Morgan fingerprint density at radius 1 is 1.00 bits per heavy atom. The van der Waals surface area contributed by atoms with Gasteiger partial charge in [0.15, 0.2) is 9.84 Å². The van der Waals surface area contributed by atoms with E-state index in [2.05, 4.69) is 10.6 Å². The molecule has 2 N–H and O–H groups in total. The number of aryl methyl sites for hydroxylation is 2. The number of hydrogen-bond acceptors (Lipinski definition) is 4. The van der Waals surface area contributed by atoms with E-state index in [1.54, 1.807) is 31.2 Å². The maximum absolute atomic E-state index is 12.2. The lowest BCUT2D eigenvalue weighted by molar-refractivity contribution is -0.120. The van der Waals surface area contributed by atoms with Crippen molar-refractivity contribution in [2.75, 3.05) is 12.8 Å². The fraction of sp³-hybridized carbons (Fsp3) is 0.300. The van der Waals surface area contributed by atoms with Gasteiger partial charge in [0.05, 0.1) is 17.5 Å². The molecular weight excluding hydrogens is 364 g/mol. The quantitative estimate of drug-likeness (QED) is 0.794. The van der Waals surface area contributed by atoms with E-state index in [1.807, 2.05) is 19.9 Å². The second kappa shape index (κ2) is 8.35. The Bertz CT molecular complexity index is 930. The molecule has 0 aliphatic rings. The van der Waals surface area contributed by atoms with Gasteiger partial charge >= 0.3 is 0 Å². The first-order valence-electron chi connectivity index (χ1n) is 8.52. The van der Waals surface area contributed by atoms with E-state index in [9.17, 15) is 18.0 Å². The summed E-state index contributed by atoms with van der Waals surface area (Å²) in [7, 11) is -3.25. The molecule has 1 unspecified atom stereocenters. The maximum atomic E-state index is 12.2. The second-order valence-electron chi connectivity index (χ2n) is 6.69. The molecule has 2 aromatic carbocycles. The molecule has 0 saturated heterocycles. The number of sulfone groups is 1. The van der Waals surface area contributed by atoms with E-state index in [0.29, 0.717) is 5.56 Å². The molecule has 6 nitrogen and oxygen atoms in total. The van der Waals surface area contributed by atoms with Crippen LogP contribution in [-0.4, -0.2) is 33.0 Å². The minimum Gasteiger partial charge on any atom is -0.348 e. The molecule has 0 bridgehead atoms. The van der Waals surface area contributed by atoms with E-state index in [0.717, 1.165) is 22.9 Å². The minimum atomic E-state index is -3.25. The van der Waals surface area contributed by atoms with Gasteiger partial charge in [-0.2, -0.15) is 0 Å². The molecule has 0 aliphatic heterocycles. The van der Waals surface area contributed by atoms with Crippen molar-refractivity contribution in [3.8, 4) is 0 Å². The van der Waals surface area contributed by atoms with Crippen molar-refractivity contribution in [2.24, 2.45) is 0 Å². The number of carbonyl (C=O) groups excluding carboxylic acids is 2. The van der Waals surface area contributed by atoms with Gasteiger partial charge < -0.3 is 10.6 Å². The van der Waals surface area contributed by atoms with Crippen LogP contribution in [0.5, 0.6) is 0 Å². The number of carbonyl (C=O) groups is 2. The normalized spacial score (nSPS) is 12.3. The average Bonchev–Trinajstić information content (AvgIpc) is 2.58. The molecule has 144 valence electrons. The van der Waals surface area contributed by atoms with Gasteiger partial charge in [0.25, 0.3) is 5.91 Å². The first-order valence-corrected chi connectivity index (χ1v) is 10.4. The third-order valence-electron chi connectivity index (χ3n) is 4.08. The van der Waals surface area contributed by atoms with Crippen LogP contribution in [0, 0.1) is 13.8 Å². The molecule has 27 heavy (non-hydrogen) atoms. The Labute approximate surface area is 159 Å². The van der Waals surface area contributed by atoms with Crippen molar-refractivity contribution in [1.82, 2.24) is 10.6 Å². The molecule has 2 amide bonds. The summed E-state index contributed by atoms with van der Waals surface area (Å²) in [6.45, 7) is 5.47. The van der Waals surface area contributed by atoms with E-state index in [4.69, 9.17) is 0 Å². The van der Waals surface area contributed by atoms with Crippen LogP contribution in [-0.2, 0) is 14.6 Å². The van der Waals surface area contributed by atoms with Crippen LogP contribution in [0.2, 0.25) is 0 Å². The highest BCUT2D eigenvalue weighted by Gasteiger charge is 2.13. The molecule has 0 aliphatic carbocycles. The maximum Gasteiger partial charge on any atom is 0.251 e. The van der Waals surface area contributed by atoms with Crippen LogP contribution < -0.4 is 10.6 Å². The third kappa shape index (κ3) is 5.92. The van der Waals surface area contributed by atoms with E-state index >= 15 is 0 Å². The van der Waals surface area contributed by atoms with Crippen molar-refractivity contribution in [3.63, 3.8) is 0 Å². The zero-order chi connectivity index (χ0) is 20.2. The molecule has 7 heteroatoms. The molecule has 1 atom stereocenters. The zero-order valence-electron chi connectivity index (χ0n) is 15.9. The van der Waals surface area contributed by atoms with Gasteiger partial charge in [-0.3, -0.25) is 9.59 Å². The molecule has 0 aromatic heterocycles. The summed E-state index contributed by atoms with van der Waals surface area (Å²) in [6, 6.07) is 11.5. The van der Waals surface area contributed by atoms with Crippen LogP contribution in [0.15, 0.2) is 47.4 Å². The molecular formula is C20H24N2O4S. The lowest BCUT2D eigenvalue weighted by Gasteiger charge is -2.15. The van der Waals surface area contributed by atoms with Crippen molar-refractivity contribution >= 4 is 21.7 Å². The fourth-order valence-corrected chi connectivity index (χ4v) is 3.38. The molecule has 0 spiro atoms. The number of amides is 2. The highest BCUT2D eigenvalue weighted by molar-refractivity contribution is 7.90. The summed E-state index contributed by atoms with van der Waals surface area (Å²) in [5.41, 5.74) is 3.26. The fourth-order valence-electron chi connectivity index (χ4n) is 2.75. The van der Waals surface area contributed by atoms with E-state index in [1.165, 1.54) is 12.1 Å². The Kier molecular flexibility index (Phi) is 6.38. The topological polar surface area (TPSA) is 92.3 Å². The van der Waals surface area contributed by atoms with Gasteiger partial charge in [-0.15, -0.1) is 0 Å². The van der Waals surface area contributed by atoms with Gasteiger partial charge in [-0.25, -0.2) is 8.42 Å². The third-order valence-corrected chi connectivity index (χ3v) is 5.21. The minimum absolute atomic E-state index is 0.141. The van der Waals surface area contributed by atoms with Crippen LogP contribution in [0.1, 0.15) is 40.0 Å². The Hall–Kier alpha value is -2.67. The molecule has 0 fully saturated rings.